The zero-order chi connectivity index (χ0) is 24.4. The highest BCUT2D eigenvalue weighted by Gasteiger charge is 2.20. The second-order valence-electron chi connectivity index (χ2n) is 9.55. The van der Waals surface area contributed by atoms with E-state index in [2.05, 4.69) is 39.3 Å². The Morgan fingerprint density at radius 1 is 1.11 bits per heavy atom. The molecule has 1 aliphatic carbocycles. The highest BCUT2D eigenvalue weighted by Crippen LogP contribution is 2.31. The minimum absolute atomic E-state index is 0.505. The van der Waals surface area contributed by atoms with Crippen LogP contribution >= 0.6 is 11.6 Å². The SMILES string of the molecule is COc1ccc(CCCc2nc3cc(-c4c(C)noc4C)ccn3c2NC2CCCCC2)cc1Cl. The van der Waals surface area contributed by atoms with E-state index in [4.69, 9.17) is 25.8 Å². The van der Waals surface area contributed by atoms with Gasteiger partial charge in [-0.05, 0) is 81.3 Å². The first-order chi connectivity index (χ1) is 17.0. The summed E-state index contributed by atoms with van der Waals surface area (Å²) < 4.78 is 12.9. The minimum atomic E-state index is 0.505. The van der Waals surface area contributed by atoms with Crippen molar-refractivity contribution in [1.29, 1.82) is 0 Å². The topological polar surface area (TPSA) is 64.6 Å². The van der Waals surface area contributed by atoms with Crippen LogP contribution < -0.4 is 10.1 Å². The van der Waals surface area contributed by atoms with E-state index in [1.54, 1.807) is 7.11 Å². The average Bonchev–Trinajstić information content (AvgIpc) is 3.38. The number of nitrogens with one attached hydrogen (secondary N) is 1. The van der Waals surface area contributed by atoms with E-state index in [0.717, 1.165) is 59.0 Å². The van der Waals surface area contributed by atoms with Crippen LogP contribution in [0.3, 0.4) is 0 Å². The molecule has 1 N–H and O–H groups in total. The monoisotopic (exact) mass is 492 g/mol. The van der Waals surface area contributed by atoms with E-state index in [9.17, 15) is 0 Å². The Balaban J connectivity index is 1.42. The molecule has 6 nitrogen and oxygen atoms in total. The van der Waals surface area contributed by atoms with Crippen molar-refractivity contribution in [3.05, 3.63) is 64.3 Å². The number of methoxy groups -OCH3 is 1. The summed E-state index contributed by atoms with van der Waals surface area (Å²) in [5, 5.41) is 8.64. The lowest BCUT2D eigenvalue weighted by Gasteiger charge is -2.24. The molecule has 1 aromatic carbocycles. The normalized spacial score (nSPS) is 14.5. The van der Waals surface area contributed by atoms with Crippen LogP contribution in [0.4, 0.5) is 5.82 Å². The predicted molar refractivity (Wildman–Crippen MR) is 141 cm³/mol. The van der Waals surface area contributed by atoms with Gasteiger partial charge in [0.05, 0.1) is 23.5 Å². The zero-order valence-electron chi connectivity index (χ0n) is 20.7. The van der Waals surface area contributed by atoms with Gasteiger partial charge in [-0.2, -0.15) is 0 Å². The van der Waals surface area contributed by atoms with Gasteiger partial charge in [0, 0.05) is 17.8 Å². The van der Waals surface area contributed by atoms with Crippen LogP contribution in [-0.4, -0.2) is 27.7 Å². The molecular formula is C28H33ClN4O2. The molecule has 3 aromatic heterocycles. The van der Waals surface area contributed by atoms with Gasteiger partial charge in [0.2, 0.25) is 0 Å². The molecule has 0 saturated heterocycles. The fourth-order valence-electron chi connectivity index (χ4n) is 5.24. The lowest BCUT2D eigenvalue weighted by Crippen LogP contribution is -2.23. The summed E-state index contributed by atoms with van der Waals surface area (Å²) in [6, 6.07) is 10.8. The molecule has 0 amide bonds. The van der Waals surface area contributed by atoms with E-state index in [1.165, 1.54) is 37.7 Å². The van der Waals surface area contributed by atoms with Gasteiger partial charge in [-0.1, -0.05) is 42.1 Å². The Kier molecular flexibility index (Phi) is 7.00. The van der Waals surface area contributed by atoms with Gasteiger partial charge in [0.1, 0.15) is 23.0 Å². The van der Waals surface area contributed by atoms with Crippen molar-refractivity contribution in [2.24, 2.45) is 0 Å². The van der Waals surface area contributed by atoms with Gasteiger partial charge >= 0.3 is 0 Å². The standard InChI is InChI=1S/C28H33ClN4O2/c1-18-27(19(2)35-32-18)21-14-15-33-26(17-21)31-24(28(33)30-22-9-5-4-6-10-22)11-7-8-20-12-13-25(34-3)23(29)16-20/h12-17,22,30H,4-11H2,1-3H3. The molecule has 1 aliphatic rings. The fraction of sp³-hybridized carbons (Fsp3) is 0.429. The number of anilines is 1. The van der Waals surface area contributed by atoms with Crippen molar-refractivity contribution in [3.8, 4) is 16.9 Å². The van der Waals surface area contributed by atoms with Gasteiger partial charge in [-0.25, -0.2) is 4.98 Å². The number of ether oxygens (including phenoxy) is 1. The molecule has 184 valence electrons. The largest absolute Gasteiger partial charge is 0.495 e. The molecule has 1 fully saturated rings. The van der Waals surface area contributed by atoms with Crippen LogP contribution in [0.25, 0.3) is 16.8 Å². The average molecular weight is 493 g/mol. The summed E-state index contributed by atoms with van der Waals surface area (Å²) in [5.74, 6) is 2.67. The first-order valence-corrected chi connectivity index (χ1v) is 12.9. The molecule has 0 aliphatic heterocycles. The van der Waals surface area contributed by atoms with Crippen molar-refractivity contribution in [3.63, 3.8) is 0 Å². The Hall–Kier alpha value is -2.99. The third-order valence-corrected chi connectivity index (χ3v) is 7.36. The summed E-state index contributed by atoms with van der Waals surface area (Å²) in [7, 11) is 1.64. The van der Waals surface area contributed by atoms with E-state index in [-0.39, 0.29) is 0 Å². The van der Waals surface area contributed by atoms with Crippen molar-refractivity contribution in [2.45, 2.75) is 71.3 Å². The van der Waals surface area contributed by atoms with Crippen LogP contribution in [0.1, 0.15) is 61.2 Å². The second kappa shape index (κ2) is 10.3. The number of rotatable bonds is 8. The molecule has 0 bridgehead atoms. The lowest BCUT2D eigenvalue weighted by atomic mass is 9.95. The number of imidazole rings is 1. The van der Waals surface area contributed by atoms with Gasteiger partial charge < -0.3 is 14.6 Å². The highest BCUT2D eigenvalue weighted by molar-refractivity contribution is 6.32. The number of nitrogens with zero attached hydrogens (tertiary/aromatic N) is 3. The lowest BCUT2D eigenvalue weighted by molar-refractivity contribution is 0.393. The van der Waals surface area contributed by atoms with Crippen LogP contribution in [0, 0.1) is 13.8 Å². The Bertz CT molecular complexity index is 1300. The number of aryl methyl sites for hydroxylation is 4. The molecular weight excluding hydrogens is 460 g/mol. The molecule has 0 radical (unpaired) electrons. The fourth-order valence-corrected chi connectivity index (χ4v) is 5.52. The third kappa shape index (κ3) is 5.03. The predicted octanol–water partition coefficient (Wildman–Crippen LogP) is 7.19. The Morgan fingerprint density at radius 3 is 2.66 bits per heavy atom. The molecule has 0 spiro atoms. The van der Waals surface area contributed by atoms with Gasteiger partial charge in [0.25, 0.3) is 0 Å². The Labute approximate surface area is 211 Å². The molecule has 5 rings (SSSR count). The summed E-state index contributed by atoms with van der Waals surface area (Å²) in [6.45, 7) is 3.94. The minimum Gasteiger partial charge on any atom is -0.495 e. The quantitative estimate of drug-likeness (QED) is 0.282. The van der Waals surface area contributed by atoms with Crippen molar-refractivity contribution in [1.82, 2.24) is 14.5 Å². The number of halogens is 1. The maximum atomic E-state index is 6.33. The first kappa shape index (κ1) is 23.7. The van der Waals surface area contributed by atoms with E-state index in [1.807, 2.05) is 26.0 Å². The second-order valence-corrected chi connectivity index (χ2v) is 9.96. The van der Waals surface area contributed by atoms with Crippen LogP contribution in [0.5, 0.6) is 5.75 Å². The number of hydrogen-bond acceptors (Lipinski definition) is 5. The summed E-state index contributed by atoms with van der Waals surface area (Å²) in [6.07, 6.45) is 11.3. The molecule has 0 atom stereocenters. The summed E-state index contributed by atoms with van der Waals surface area (Å²) in [5.41, 5.74) is 6.31. The smallest absolute Gasteiger partial charge is 0.141 e. The number of benzene rings is 1. The number of hydrogen-bond donors (Lipinski definition) is 1. The maximum absolute atomic E-state index is 6.33. The summed E-state index contributed by atoms with van der Waals surface area (Å²) in [4.78, 5) is 5.09. The van der Waals surface area contributed by atoms with Gasteiger partial charge in [0.15, 0.2) is 0 Å². The van der Waals surface area contributed by atoms with Crippen LogP contribution in [-0.2, 0) is 12.8 Å². The molecule has 7 heteroatoms. The number of pyridine rings is 1. The first-order valence-electron chi connectivity index (χ1n) is 12.6. The number of fused-ring (bicyclic) bond motifs is 1. The van der Waals surface area contributed by atoms with E-state index in [0.29, 0.717) is 16.8 Å². The zero-order valence-corrected chi connectivity index (χ0v) is 21.5. The third-order valence-electron chi connectivity index (χ3n) is 7.06. The molecule has 1 saturated carbocycles. The van der Waals surface area contributed by atoms with Crippen molar-refractivity contribution >= 4 is 23.1 Å². The van der Waals surface area contributed by atoms with Gasteiger partial charge in [-0.15, -0.1) is 0 Å². The Morgan fingerprint density at radius 2 is 1.94 bits per heavy atom. The van der Waals surface area contributed by atoms with Crippen LogP contribution in [0.2, 0.25) is 5.02 Å². The van der Waals surface area contributed by atoms with Crippen LogP contribution in [0.15, 0.2) is 41.1 Å². The summed E-state index contributed by atoms with van der Waals surface area (Å²) >= 11 is 6.33. The highest BCUT2D eigenvalue weighted by atomic mass is 35.5. The van der Waals surface area contributed by atoms with E-state index >= 15 is 0 Å². The van der Waals surface area contributed by atoms with Crippen molar-refractivity contribution in [2.75, 3.05) is 12.4 Å². The van der Waals surface area contributed by atoms with Gasteiger partial charge in [-0.3, -0.25) is 4.40 Å². The number of aromatic nitrogens is 3. The molecule has 3 heterocycles. The van der Waals surface area contributed by atoms with E-state index < -0.39 is 0 Å². The molecule has 35 heavy (non-hydrogen) atoms. The maximum Gasteiger partial charge on any atom is 0.141 e. The van der Waals surface area contributed by atoms with Crippen molar-refractivity contribution < 1.29 is 9.26 Å². The molecule has 4 aromatic rings. The molecule has 0 unspecified atom stereocenters.